The largest absolute Gasteiger partial charge is 0.493 e. The van der Waals surface area contributed by atoms with E-state index in [1.807, 2.05) is 6.92 Å². The van der Waals surface area contributed by atoms with Crippen molar-refractivity contribution >= 4 is 0 Å². The van der Waals surface area contributed by atoms with Crippen LogP contribution in [0.3, 0.4) is 0 Å². The zero-order valence-corrected chi connectivity index (χ0v) is 10.4. The lowest BCUT2D eigenvalue weighted by atomic mass is 9.99. The number of ether oxygens (including phenoxy) is 1. The Labute approximate surface area is 97.8 Å². The predicted octanol–water partition coefficient (Wildman–Crippen LogP) is 1.91. The van der Waals surface area contributed by atoms with Gasteiger partial charge in [-0.2, -0.15) is 0 Å². The lowest BCUT2D eigenvalue weighted by molar-refractivity contribution is 0.334. The van der Waals surface area contributed by atoms with E-state index < -0.39 is 0 Å². The van der Waals surface area contributed by atoms with Crippen LogP contribution in [-0.2, 0) is 6.42 Å². The maximum Gasteiger partial charge on any atom is 0.125 e. The molecule has 0 saturated carbocycles. The van der Waals surface area contributed by atoms with Gasteiger partial charge in [0, 0.05) is 12.6 Å². The molecule has 0 heterocycles. The summed E-state index contributed by atoms with van der Waals surface area (Å²) in [6, 6.07) is 4.09. The Hall–Kier alpha value is -1.06. The number of hydrogen-bond acceptors (Lipinski definition) is 3. The molecule has 1 atom stereocenters. The summed E-state index contributed by atoms with van der Waals surface area (Å²) in [5.74, 6) is 0.998. The van der Waals surface area contributed by atoms with E-state index in [0.717, 1.165) is 23.3 Å². The highest BCUT2D eigenvalue weighted by Crippen LogP contribution is 2.27. The lowest BCUT2D eigenvalue weighted by Gasteiger charge is -2.17. The molecular weight excluding hydrogens is 200 g/mol. The number of rotatable bonds is 5. The molecule has 0 aliphatic carbocycles. The van der Waals surface area contributed by atoms with Gasteiger partial charge in [0.2, 0.25) is 0 Å². The van der Waals surface area contributed by atoms with E-state index in [2.05, 4.69) is 26.0 Å². The summed E-state index contributed by atoms with van der Waals surface area (Å²) < 4.78 is 5.65. The number of nitrogens with two attached hydrogens (primary N) is 2. The van der Waals surface area contributed by atoms with Crippen LogP contribution >= 0.6 is 0 Å². The van der Waals surface area contributed by atoms with Gasteiger partial charge in [-0.15, -0.1) is 0 Å². The Morgan fingerprint density at radius 3 is 2.50 bits per heavy atom. The first-order chi connectivity index (χ1) is 7.63. The van der Waals surface area contributed by atoms with E-state index in [0.29, 0.717) is 13.2 Å². The van der Waals surface area contributed by atoms with Crippen LogP contribution in [0.15, 0.2) is 12.1 Å². The Bertz CT molecular complexity index is 350. The van der Waals surface area contributed by atoms with Gasteiger partial charge in [0.05, 0.1) is 6.61 Å². The second kappa shape index (κ2) is 5.87. The maximum atomic E-state index is 5.94. The van der Waals surface area contributed by atoms with Gasteiger partial charge in [-0.1, -0.05) is 19.1 Å². The summed E-state index contributed by atoms with van der Waals surface area (Å²) >= 11 is 0. The Kier molecular flexibility index (Phi) is 4.77. The molecule has 0 aliphatic heterocycles. The van der Waals surface area contributed by atoms with E-state index in [1.54, 1.807) is 0 Å². The third-order valence-corrected chi connectivity index (χ3v) is 2.73. The van der Waals surface area contributed by atoms with Gasteiger partial charge in [-0.3, -0.25) is 0 Å². The Morgan fingerprint density at radius 2 is 2.00 bits per heavy atom. The maximum absolute atomic E-state index is 5.94. The van der Waals surface area contributed by atoms with E-state index in [9.17, 15) is 0 Å². The molecule has 0 amide bonds. The van der Waals surface area contributed by atoms with Gasteiger partial charge in [-0.05, 0) is 37.0 Å². The summed E-state index contributed by atoms with van der Waals surface area (Å²) in [6.45, 7) is 7.33. The molecule has 0 saturated heterocycles. The molecule has 90 valence electrons. The van der Waals surface area contributed by atoms with Crippen molar-refractivity contribution in [2.75, 3.05) is 13.2 Å². The monoisotopic (exact) mass is 222 g/mol. The van der Waals surface area contributed by atoms with Crippen molar-refractivity contribution < 1.29 is 4.74 Å². The lowest BCUT2D eigenvalue weighted by Crippen LogP contribution is -2.21. The average molecular weight is 222 g/mol. The second-order valence-corrected chi connectivity index (χ2v) is 3.95. The standard InChI is InChI=1S/C13H22N2O/c1-4-10-7-11(12(15)8-14)6-9(3)13(10)16-5-2/h6-7,12H,4-5,8,14-15H2,1-3H3. The third-order valence-electron chi connectivity index (χ3n) is 2.73. The molecule has 1 aromatic rings. The smallest absolute Gasteiger partial charge is 0.125 e. The molecule has 1 rings (SSSR count). The predicted molar refractivity (Wildman–Crippen MR) is 67.7 cm³/mol. The van der Waals surface area contributed by atoms with E-state index in [4.69, 9.17) is 16.2 Å². The fourth-order valence-electron chi connectivity index (χ4n) is 1.84. The first kappa shape index (κ1) is 13.0. The van der Waals surface area contributed by atoms with Crippen molar-refractivity contribution in [3.63, 3.8) is 0 Å². The van der Waals surface area contributed by atoms with Gasteiger partial charge in [0.15, 0.2) is 0 Å². The summed E-state index contributed by atoms with van der Waals surface area (Å²) in [5.41, 5.74) is 15.0. The zero-order chi connectivity index (χ0) is 12.1. The first-order valence-electron chi connectivity index (χ1n) is 5.85. The fraction of sp³-hybridized carbons (Fsp3) is 0.538. The van der Waals surface area contributed by atoms with Crippen LogP contribution in [0.25, 0.3) is 0 Å². The van der Waals surface area contributed by atoms with E-state index in [1.165, 1.54) is 5.56 Å². The normalized spacial score (nSPS) is 12.6. The average Bonchev–Trinajstić information content (AvgIpc) is 2.30. The minimum atomic E-state index is -0.0836. The SMILES string of the molecule is CCOc1c(C)cc(C(N)CN)cc1CC. The first-order valence-corrected chi connectivity index (χ1v) is 5.85. The van der Waals surface area contributed by atoms with Crippen LogP contribution in [0.1, 0.15) is 36.6 Å². The van der Waals surface area contributed by atoms with Crippen molar-refractivity contribution in [2.24, 2.45) is 11.5 Å². The van der Waals surface area contributed by atoms with Crippen molar-refractivity contribution in [1.82, 2.24) is 0 Å². The van der Waals surface area contributed by atoms with Gasteiger partial charge in [-0.25, -0.2) is 0 Å². The highest BCUT2D eigenvalue weighted by molar-refractivity contribution is 5.45. The molecule has 1 aromatic carbocycles. The molecule has 16 heavy (non-hydrogen) atoms. The van der Waals surface area contributed by atoms with Gasteiger partial charge in [0.25, 0.3) is 0 Å². The molecule has 0 radical (unpaired) electrons. The van der Waals surface area contributed by atoms with Crippen LogP contribution in [0, 0.1) is 6.92 Å². The quantitative estimate of drug-likeness (QED) is 0.800. The summed E-state index contributed by atoms with van der Waals surface area (Å²) in [4.78, 5) is 0. The molecule has 3 heteroatoms. The zero-order valence-electron chi connectivity index (χ0n) is 10.4. The number of hydrogen-bond donors (Lipinski definition) is 2. The van der Waals surface area contributed by atoms with Crippen LogP contribution in [0.2, 0.25) is 0 Å². The molecule has 0 bridgehead atoms. The number of benzene rings is 1. The summed E-state index contributed by atoms with van der Waals surface area (Å²) in [5, 5.41) is 0. The molecule has 4 N–H and O–H groups in total. The van der Waals surface area contributed by atoms with E-state index in [-0.39, 0.29) is 6.04 Å². The molecule has 0 aromatic heterocycles. The molecule has 3 nitrogen and oxygen atoms in total. The summed E-state index contributed by atoms with van der Waals surface area (Å²) in [6.07, 6.45) is 0.946. The van der Waals surface area contributed by atoms with Gasteiger partial charge < -0.3 is 16.2 Å². The van der Waals surface area contributed by atoms with Crippen LogP contribution in [0.4, 0.5) is 0 Å². The highest BCUT2D eigenvalue weighted by Gasteiger charge is 2.11. The van der Waals surface area contributed by atoms with Crippen molar-refractivity contribution in [2.45, 2.75) is 33.2 Å². The molecule has 0 fully saturated rings. The van der Waals surface area contributed by atoms with Crippen LogP contribution in [0.5, 0.6) is 5.75 Å². The van der Waals surface area contributed by atoms with Gasteiger partial charge in [0.1, 0.15) is 5.75 Å². The molecule has 1 unspecified atom stereocenters. The van der Waals surface area contributed by atoms with Crippen molar-refractivity contribution in [3.8, 4) is 5.75 Å². The van der Waals surface area contributed by atoms with Crippen molar-refractivity contribution in [3.05, 3.63) is 28.8 Å². The minimum absolute atomic E-state index is 0.0836. The second-order valence-electron chi connectivity index (χ2n) is 3.95. The topological polar surface area (TPSA) is 61.3 Å². The Morgan fingerprint density at radius 1 is 1.31 bits per heavy atom. The minimum Gasteiger partial charge on any atom is -0.493 e. The Balaban J connectivity index is 3.15. The third kappa shape index (κ3) is 2.74. The van der Waals surface area contributed by atoms with Crippen molar-refractivity contribution in [1.29, 1.82) is 0 Å². The molecular formula is C13H22N2O. The number of aryl methyl sites for hydroxylation is 2. The fourth-order valence-corrected chi connectivity index (χ4v) is 1.84. The molecule has 0 aliphatic rings. The van der Waals surface area contributed by atoms with E-state index >= 15 is 0 Å². The van der Waals surface area contributed by atoms with Gasteiger partial charge >= 0.3 is 0 Å². The van der Waals surface area contributed by atoms with Crippen LogP contribution in [-0.4, -0.2) is 13.2 Å². The highest BCUT2D eigenvalue weighted by atomic mass is 16.5. The molecule has 0 spiro atoms. The summed E-state index contributed by atoms with van der Waals surface area (Å²) in [7, 11) is 0. The van der Waals surface area contributed by atoms with Crippen LogP contribution < -0.4 is 16.2 Å².